The summed E-state index contributed by atoms with van der Waals surface area (Å²) in [5.74, 6) is 1.15. The molecule has 3 fully saturated rings. The molecule has 1 aliphatic carbocycles. The van der Waals surface area contributed by atoms with Crippen LogP contribution in [0.15, 0.2) is 40.9 Å². The first-order valence-corrected chi connectivity index (χ1v) is 14.0. The number of aliphatic hydroxyl groups is 1. The summed E-state index contributed by atoms with van der Waals surface area (Å²) in [5.41, 5.74) is 2.21. The van der Waals surface area contributed by atoms with Crippen LogP contribution in [0.3, 0.4) is 0 Å². The molecule has 7 atom stereocenters. The Morgan fingerprint density at radius 2 is 1.95 bits per heavy atom. The van der Waals surface area contributed by atoms with E-state index in [4.69, 9.17) is 14.9 Å². The van der Waals surface area contributed by atoms with Crippen LogP contribution in [0.2, 0.25) is 0 Å². The number of nitrogens with one attached hydrogen (secondary N) is 2. The first-order valence-electron chi connectivity index (χ1n) is 14.0. The molecular weight excluding hydrogens is 466 g/mol. The van der Waals surface area contributed by atoms with Gasteiger partial charge in [0.1, 0.15) is 5.84 Å². The Labute approximate surface area is 223 Å². The molecule has 0 radical (unpaired) electrons. The number of carbonyl (C=O) groups excluding carboxylic acids is 1. The van der Waals surface area contributed by atoms with Crippen molar-refractivity contribution in [1.29, 1.82) is 5.41 Å². The summed E-state index contributed by atoms with van der Waals surface area (Å²) in [4.78, 5) is 17.0. The van der Waals surface area contributed by atoms with Gasteiger partial charge in [0, 0.05) is 24.8 Å². The van der Waals surface area contributed by atoms with Gasteiger partial charge in [0.05, 0.1) is 24.4 Å². The summed E-state index contributed by atoms with van der Waals surface area (Å²) in [6, 6.07) is -0.0406. The van der Waals surface area contributed by atoms with Crippen molar-refractivity contribution in [2.75, 3.05) is 13.2 Å². The predicted octanol–water partition coefficient (Wildman–Crippen LogP) is 5.01. The fraction of sp³-hybridized carbons (Fsp3) is 0.700. The fourth-order valence-electron chi connectivity index (χ4n) is 4.98. The largest absolute Gasteiger partial charge is 0.396 e. The van der Waals surface area contributed by atoms with Gasteiger partial charge in [-0.25, -0.2) is 4.99 Å². The number of ether oxygens (including phenoxy) is 2. The first-order chi connectivity index (χ1) is 17.7. The maximum Gasteiger partial charge on any atom is 0.243 e. The zero-order valence-corrected chi connectivity index (χ0v) is 23.3. The molecule has 0 aromatic heterocycles. The fourth-order valence-corrected chi connectivity index (χ4v) is 4.98. The van der Waals surface area contributed by atoms with E-state index < -0.39 is 0 Å². The van der Waals surface area contributed by atoms with Crippen LogP contribution in [0.4, 0.5) is 0 Å². The van der Waals surface area contributed by atoms with Gasteiger partial charge in [0.15, 0.2) is 0 Å². The maximum atomic E-state index is 12.6. The molecule has 3 rings (SSSR count). The second-order valence-electron chi connectivity index (χ2n) is 11.3. The van der Waals surface area contributed by atoms with E-state index in [1.165, 1.54) is 24.5 Å². The molecule has 0 bridgehead atoms. The summed E-state index contributed by atoms with van der Waals surface area (Å²) in [6.07, 6.45) is 15.7. The number of rotatable bonds is 10. The molecule has 3 aliphatic rings. The average molecular weight is 514 g/mol. The molecule has 7 unspecified atom stereocenters. The third-order valence-corrected chi connectivity index (χ3v) is 7.90. The summed E-state index contributed by atoms with van der Waals surface area (Å²) >= 11 is 0. The molecule has 37 heavy (non-hydrogen) atoms. The van der Waals surface area contributed by atoms with Gasteiger partial charge in [0.2, 0.25) is 5.91 Å². The second-order valence-corrected chi connectivity index (χ2v) is 11.3. The zero-order chi connectivity index (χ0) is 26.9. The summed E-state index contributed by atoms with van der Waals surface area (Å²) in [5, 5.41) is 20.7. The van der Waals surface area contributed by atoms with Crippen LogP contribution in [0.25, 0.3) is 0 Å². The predicted molar refractivity (Wildman–Crippen MR) is 149 cm³/mol. The van der Waals surface area contributed by atoms with Crippen LogP contribution >= 0.6 is 0 Å². The minimum atomic E-state index is -0.201. The Hall–Kier alpha value is -2.09. The highest BCUT2D eigenvalue weighted by atomic mass is 16.5. The quantitative estimate of drug-likeness (QED) is 0.165. The topological polar surface area (TPSA) is 104 Å². The Kier molecular flexibility index (Phi) is 11.3. The van der Waals surface area contributed by atoms with E-state index >= 15 is 0 Å². The number of allylic oxidation sites excluding steroid dienone is 2. The summed E-state index contributed by atoms with van der Waals surface area (Å²) in [7, 11) is 0. The van der Waals surface area contributed by atoms with Gasteiger partial charge >= 0.3 is 0 Å². The van der Waals surface area contributed by atoms with Crippen molar-refractivity contribution in [2.24, 2.45) is 28.7 Å². The van der Waals surface area contributed by atoms with Crippen LogP contribution in [0.1, 0.15) is 73.1 Å². The van der Waals surface area contributed by atoms with Crippen LogP contribution in [0, 0.1) is 29.1 Å². The van der Waals surface area contributed by atoms with Gasteiger partial charge in [-0.05, 0) is 83.1 Å². The number of amides is 1. The zero-order valence-electron chi connectivity index (χ0n) is 23.3. The molecule has 3 N–H and O–H groups in total. The molecule has 0 spiro atoms. The normalized spacial score (nSPS) is 32.6. The van der Waals surface area contributed by atoms with Crippen molar-refractivity contribution in [1.82, 2.24) is 5.32 Å². The van der Waals surface area contributed by atoms with Gasteiger partial charge in [0.25, 0.3) is 0 Å². The number of aliphatic imine (C=N–C) groups is 1. The van der Waals surface area contributed by atoms with Crippen molar-refractivity contribution >= 4 is 17.5 Å². The van der Waals surface area contributed by atoms with E-state index in [0.29, 0.717) is 30.2 Å². The lowest BCUT2D eigenvalue weighted by atomic mass is 9.88. The number of amidine groups is 1. The van der Waals surface area contributed by atoms with E-state index in [-0.39, 0.29) is 42.8 Å². The van der Waals surface area contributed by atoms with Crippen molar-refractivity contribution in [3.05, 3.63) is 36.0 Å². The molecule has 0 aromatic rings. The van der Waals surface area contributed by atoms with Crippen LogP contribution in [0.5, 0.6) is 0 Å². The second kappa shape index (κ2) is 14.2. The van der Waals surface area contributed by atoms with Gasteiger partial charge in [-0.1, -0.05) is 43.7 Å². The van der Waals surface area contributed by atoms with Crippen molar-refractivity contribution in [2.45, 2.75) is 97.5 Å². The van der Waals surface area contributed by atoms with Gasteiger partial charge in [-0.15, -0.1) is 0 Å². The van der Waals surface area contributed by atoms with Crippen molar-refractivity contribution in [3.8, 4) is 0 Å². The van der Waals surface area contributed by atoms with Crippen LogP contribution in [-0.2, 0) is 14.3 Å². The Balaban J connectivity index is 1.43. The Bertz CT molecular complexity index is 905. The smallest absolute Gasteiger partial charge is 0.243 e. The Morgan fingerprint density at radius 3 is 2.65 bits per heavy atom. The maximum absolute atomic E-state index is 12.6. The van der Waals surface area contributed by atoms with Gasteiger partial charge in [-0.3, -0.25) is 10.2 Å². The van der Waals surface area contributed by atoms with E-state index in [2.05, 4.69) is 42.4 Å². The lowest BCUT2D eigenvalue weighted by Gasteiger charge is -2.39. The standard InChI is InChI=1S/C30H47N3O4/c1-19(6-11-26-17-24(18-34)14-15-36-26)7-12-28-21(3)16-27(23(5)37-28)33-29(35)13-8-20(2)30(31)32-22(4)25-9-10-25/h6-8,11,13,20-21,23-28,31,34H,9-10,12,14-18H2,1-5H3,(H,33,35)/b11-6+,13-8-,19-7+,31-30?,32-22?. The highest BCUT2D eigenvalue weighted by Gasteiger charge is 2.33. The number of nitrogens with zero attached hydrogens (tertiary/aromatic N) is 1. The Morgan fingerprint density at radius 1 is 1.19 bits per heavy atom. The van der Waals surface area contributed by atoms with Crippen LogP contribution in [-0.4, -0.2) is 60.1 Å². The third kappa shape index (κ3) is 9.62. The molecule has 1 amide bonds. The van der Waals surface area contributed by atoms with E-state index in [1.807, 2.05) is 20.8 Å². The monoisotopic (exact) mass is 513 g/mol. The molecule has 7 nitrogen and oxygen atoms in total. The third-order valence-electron chi connectivity index (χ3n) is 7.90. The summed E-state index contributed by atoms with van der Waals surface area (Å²) in [6.45, 7) is 11.1. The minimum Gasteiger partial charge on any atom is -0.396 e. The number of hydrogen-bond donors (Lipinski definition) is 3. The molecule has 2 saturated heterocycles. The highest BCUT2D eigenvalue weighted by Crippen LogP contribution is 2.31. The molecule has 2 heterocycles. The molecule has 7 heteroatoms. The molecule has 1 saturated carbocycles. The lowest BCUT2D eigenvalue weighted by molar-refractivity contribution is -0.123. The number of carbonyl (C=O) groups is 1. The highest BCUT2D eigenvalue weighted by molar-refractivity contribution is 5.99. The van der Waals surface area contributed by atoms with Crippen LogP contribution < -0.4 is 5.32 Å². The van der Waals surface area contributed by atoms with E-state index in [0.717, 1.165) is 31.4 Å². The average Bonchev–Trinajstić information content (AvgIpc) is 3.73. The van der Waals surface area contributed by atoms with E-state index in [1.54, 1.807) is 6.08 Å². The van der Waals surface area contributed by atoms with E-state index in [9.17, 15) is 9.90 Å². The van der Waals surface area contributed by atoms with Gasteiger partial charge in [-0.2, -0.15) is 0 Å². The first kappa shape index (κ1) is 29.5. The number of hydrogen-bond acceptors (Lipinski definition) is 5. The van der Waals surface area contributed by atoms with Crippen molar-refractivity contribution in [3.63, 3.8) is 0 Å². The molecule has 0 aromatic carbocycles. The molecule has 2 aliphatic heterocycles. The SMILES string of the molecule is CC(=NC(=N)C(C)/C=C\C(=O)NC1CC(C)C(C/C=C(C)/C=C/C2CC(CO)CCO2)OC1C)C1CC1. The molecule has 206 valence electrons. The van der Waals surface area contributed by atoms with Crippen molar-refractivity contribution < 1.29 is 19.4 Å². The van der Waals surface area contributed by atoms with Gasteiger partial charge < -0.3 is 19.9 Å². The lowest BCUT2D eigenvalue weighted by Crippen LogP contribution is -2.50. The molecular formula is C30H47N3O4. The minimum absolute atomic E-state index is 0.0406. The number of aliphatic hydroxyl groups excluding tert-OH is 1. The summed E-state index contributed by atoms with van der Waals surface area (Å²) < 4.78 is 12.1.